The highest BCUT2D eigenvalue weighted by Gasteiger charge is 2.25. The Morgan fingerprint density at radius 1 is 0.941 bits per heavy atom. The predicted octanol–water partition coefficient (Wildman–Crippen LogP) is 3.54. The van der Waals surface area contributed by atoms with Crippen molar-refractivity contribution < 1.29 is 4.79 Å². The largest absolute Gasteiger partial charge is 0.341 e. The third kappa shape index (κ3) is 5.36. The predicted molar refractivity (Wildman–Crippen MR) is 135 cm³/mol. The normalized spacial score (nSPS) is 19.9. The number of rotatable bonds is 5. The number of piperidine rings is 1. The van der Waals surface area contributed by atoms with Crippen LogP contribution in [-0.4, -0.2) is 69.9 Å². The van der Waals surface area contributed by atoms with Crippen LogP contribution >= 0.6 is 0 Å². The first kappa shape index (κ1) is 22.7. The van der Waals surface area contributed by atoms with Crippen molar-refractivity contribution in [3.05, 3.63) is 60.0 Å². The summed E-state index contributed by atoms with van der Waals surface area (Å²) in [6.45, 7) is 7.86. The van der Waals surface area contributed by atoms with Crippen LogP contribution in [-0.2, 0) is 17.8 Å². The Bertz CT molecular complexity index is 1120. The van der Waals surface area contributed by atoms with Gasteiger partial charge < -0.3 is 9.80 Å². The summed E-state index contributed by atoms with van der Waals surface area (Å²) in [5.74, 6) is 1.34. The Morgan fingerprint density at radius 2 is 1.79 bits per heavy atom. The fourth-order valence-corrected chi connectivity index (χ4v) is 5.33. The first-order valence-electron chi connectivity index (χ1n) is 12.5. The van der Waals surface area contributed by atoms with Gasteiger partial charge in [0, 0.05) is 70.5 Å². The number of benzene rings is 1. The number of aromatic nitrogens is 3. The molecule has 7 heteroatoms. The van der Waals surface area contributed by atoms with Crippen LogP contribution in [0.2, 0.25) is 0 Å². The number of para-hydroxylation sites is 1. The van der Waals surface area contributed by atoms with Gasteiger partial charge in [0.1, 0.15) is 0 Å². The first-order chi connectivity index (χ1) is 16.7. The van der Waals surface area contributed by atoms with Gasteiger partial charge in [0.25, 0.3) is 0 Å². The van der Waals surface area contributed by atoms with Crippen LogP contribution in [0.15, 0.2) is 48.8 Å². The molecule has 34 heavy (non-hydrogen) atoms. The number of fused-ring (bicyclic) bond motifs is 1. The maximum absolute atomic E-state index is 12.3. The lowest BCUT2D eigenvalue weighted by Crippen LogP contribution is -2.34. The molecule has 1 atom stereocenters. The highest BCUT2D eigenvalue weighted by molar-refractivity contribution is 5.81. The van der Waals surface area contributed by atoms with Crippen molar-refractivity contribution >= 4 is 22.8 Å². The number of amides is 1. The van der Waals surface area contributed by atoms with Gasteiger partial charge in [-0.25, -0.2) is 9.97 Å². The zero-order valence-corrected chi connectivity index (χ0v) is 20.1. The molecule has 178 valence electrons. The quantitative estimate of drug-likeness (QED) is 0.583. The summed E-state index contributed by atoms with van der Waals surface area (Å²) in [6, 6.07) is 12.5. The molecule has 2 aliphatic heterocycles. The molecule has 0 saturated carbocycles. The summed E-state index contributed by atoms with van der Waals surface area (Å²) < 4.78 is 0. The molecule has 1 amide bonds. The molecule has 5 rings (SSSR count). The molecule has 0 aliphatic carbocycles. The smallest absolute Gasteiger partial charge is 0.225 e. The molecule has 2 aliphatic rings. The zero-order chi connectivity index (χ0) is 23.3. The van der Waals surface area contributed by atoms with E-state index >= 15 is 0 Å². The maximum atomic E-state index is 12.3. The third-order valence-corrected chi connectivity index (χ3v) is 7.08. The Balaban J connectivity index is 1.33. The van der Waals surface area contributed by atoms with Crippen molar-refractivity contribution in [2.45, 2.75) is 39.2 Å². The molecule has 0 bridgehead atoms. The second-order valence-corrected chi connectivity index (χ2v) is 9.66. The van der Waals surface area contributed by atoms with Gasteiger partial charge >= 0.3 is 0 Å². The summed E-state index contributed by atoms with van der Waals surface area (Å²) >= 11 is 0. The minimum atomic E-state index is 0.150. The maximum Gasteiger partial charge on any atom is 0.225 e. The van der Waals surface area contributed by atoms with Crippen molar-refractivity contribution in [1.82, 2.24) is 24.8 Å². The highest BCUT2D eigenvalue weighted by atomic mass is 16.2. The van der Waals surface area contributed by atoms with Gasteiger partial charge in [-0.2, -0.15) is 0 Å². The average molecular weight is 459 g/mol. The fourth-order valence-electron chi connectivity index (χ4n) is 5.33. The topological polar surface area (TPSA) is 65.5 Å². The van der Waals surface area contributed by atoms with E-state index in [1.54, 1.807) is 6.92 Å². The monoisotopic (exact) mass is 458 g/mol. The Morgan fingerprint density at radius 3 is 2.65 bits per heavy atom. The summed E-state index contributed by atoms with van der Waals surface area (Å²) in [4.78, 5) is 33.2. The lowest BCUT2D eigenvalue weighted by Gasteiger charge is -2.27. The number of hydrogen-bond donors (Lipinski definition) is 0. The number of carbonyl (C=O) groups is 1. The SMILES string of the molecule is CC(=O)N1CCN(Cc2ccnc(N3CCCCC3)n2)C[C@H](Cc2cccc3cccnc23)C1. The molecule has 7 nitrogen and oxygen atoms in total. The number of nitrogens with zero attached hydrogens (tertiary/aromatic N) is 6. The number of carbonyl (C=O) groups excluding carboxylic acids is 1. The van der Waals surface area contributed by atoms with E-state index in [4.69, 9.17) is 4.98 Å². The van der Waals surface area contributed by atoms with Gasteiger partial charge in [-0.1, -0.05) is 24.3 Å². The minimum absolute atomic E-state index is 0.150. The molecule has 2 saturated heterocycles. The highest BCUT2D eigenvalue weighted by Crippen LogP contribution is 2.23. The summed E-state index contributed by atoms with van der Waals surface area (Å²) in [7, 11) is 0. The van der Waals surface area contributed by atoms with Crippen molar-refractivity contribution in [1.29, 1.82) is 0 Å². The average Bonchev–Trinajstić information content (AvgIpc) is 3.07. The van der Waals surface area contributed by atoms with Crippen LogP contribution in [0.3, 0.4) is 0 Å². The summed E-state index contributed by atoms with van der Waals surface area (Å²) in [5.41, 5.74) is 3.37. The van der Waals surface area contributed by atoms with Crippen molar-refractivity contribution in [2.24, 2.45) is 5.92 Å². The van der Waals surface area contributed by atoms with E-state index in [9.17, 15) is 4.79 Å². The van der Waals surface area contributed by atoms with Gasteiger partial charge in [0.2, 0.25) is 11.9 Å². The van der Waals surface area contributed by atoms with E-state index in [0.717, 1.165) is 69.4 Å². The van der Waals surface area contributed by atoms with Gasteiger partial charge in [-0.05, 0) is 49.3 Å². The molecule has 0 unspecified atom stereocenters. The van der Waals surface area contributed by atoms with Gasteiger partial charge in [0.05, 0.1) is 11.2 Å². The first-order valence-corrected chi connectivity index (χ1v) is 12.5. The Labute approximate surface area is 201 Å². The van der Waals surface area contributed by atoms with Crippen molar-refractivity contribution in [3.63, 3.8) is 0 Å². The second kappa shape index (κ2) is 10.5. The van der Waals surface area contributed by atoms with Crippen LogP contribution in [0.4, 0.5) is 5.95 Å². The molecule has 0 radical (unpaired) electrons. The van der Waals surface area contributed by atoms with Crippen LogP contribution in [0.1, 0.15) is 37.4 Å². The zero-order valence-electron chi connectivity index (χ0n) is 20.1. The van der Waals surface area contributed by atoms with E-state index < -0.39 is 0 Å². The molecule has 0 N–H and O–H groups in total. The third-order valence-electron chi connectivity index (χ3n) is 7.08. The van der Waals surface area contributed by atoms with E-state index in [2.05, 4.69) is 44.0 Å². The van der Waals surface area contributed by atoms with E-state index in [0.29, 0.717) is 5.92 Å². The number of hydrogen-bond acceptors (Lipinski definition) is 6. The molecule has 0 spiro atoms. The number of pyridine rings is 1. The standard InChI is InChI=1S/C27H34N6O/c1-21(34)33-16-15-31(20-25-10-12-29-27(30-25)32-13-3-2-4-14-32)18-22(19-33)17-24-8-5-7-23-9-6-11-28-26(23)24/h5-12,22H,2-4,13-20H2,1H3/t22-/m0/s1. The molecule has 1 aromatic carbocycles. The summed E-state index contributed by atoms with van der Waals surface area (Å²) in [6.07, 6.45) is 8.38. The van der Waals surface area contributed by atoms with Crippen molar-refractivity contribution in [3.8, 4) is 0 Å². The van der Waals surface area contributed by atoms with Gasteiger partial charge in [0.15, 0.2) is 0 Å². The molecule has 2 aromatic heterocycles. The van der Waals surface area contributed by atoms with Crippen molar-refractivity contribution in [2.75, 3.05) is 44.2 Å². The lowest BCUT2D eigenvalue weighted by atomic mass is 9.96. The molecule has 2 fully saturated rings. The fraction of sp³-hybridized carbons (Fsp3) is 0.481. The van der Waals surface area contributed by atoms with Crippen LogP contribution in [0.25, 0.3) is 10.9 Å². The molecule has 4 heterocycles. The van der Waals surface area contributed by atoms with Crippen LogP contribution in [0.5, 0.6) is 0 Å². The van der Waals surface area contributed by atoms with Crippen LogP contribution in [0, 0.1) is 5.92 Å². The van der Waals surface area contributed by atoms with E-state index in [-0.39, 0.29) is 5.91 Å². The van der Waals surface area contributed by atoms with E-state index in [1.165, 1.54) is 30.2 Å². The number of anilines is 1. The van der Waals surface area contributed by atoms with E-state index in [1.807, 2.05) is 29.4 Å². The van der Waals surface area contributed by atoms with Crippen LogP contribution < -0.4 is 4.90 Å². The second-order valence-electron chi connectivity index (χ2n) is 9.66. The lowest BCUT2D eigenvalue weighted by molar-refractivity contribution is -0.129. The molecular formula is C27H34N6O. The van der Waals surface area contributed by atoms with Gasteiger partial charge in [-0.3, -0.25) is 14.7 Å². The van der Waals surface area contributed by atoms with Gasteiger partial charge in [-0.15, -0.1) is 0 Å². The minimum Gasteiger partial charge on any atom is -0.341 e. The Hall–Kier alpha value is -3.06. The molecular weight excluding hydrogens is 424 g/mol. The molecule has 3 aromatic rings. The Kier molecular flexibility index (Phi) is 7.00. The summed E-state index contributed by atoms with van der Waals surface area (Å²) in [5, 5.41) is 1.17.